The normalized spacial score (nSPS) is 15.8. The zero-order valence-electron chi connectivity index (χ0n) is 14.0. The maximum absolute atomic E-state index is 12.6. The predicted molar refractivity (Wildman–Crippen MR) is 102 cm³/mol. The number of rotatable bonds is 4. The monoisotopic (exact) mass is 378 g/mol. The van der Waals surface area contributed by atoms with E-state index in [1.165, 1.54) is 0 Å². The van der Waals surface area contributed by atoms with Crippen molar-refractivity contribution in [2.24, 2.45) is 0 Å². The van der Waals surface area contributed by atoms with E-state index < -0.39 is 6.10 Å². The van der Waals surface area contributed by atoms with Crippen LogP contribution < -0.4 is 9.64 Å². The minimum Gasteiger partial charge on any atom is -0.481 e. The second-order valence-corrected chi connectivity index (χ2v) is 6.88. The molecule has 1 aliphatic heterocycles. The molecule has 25 heavy (non-hydrogen) atoms. The maximum Gasteiger partial charge on any atom is 0.263 e. The number of amides is 1. The lowest BCUT2D eigenvalue weighted by Gasteiger charge is -2.37. The molecular formula is C19H20Cl2N2O2. The number of anilines is 1. The van der Waals surface area contributed by atoms with Crippen LogP contribution in [0.4, 0.5) is 5.69 Å². The van der Waals surface area contributed by atoms with Crippen LogP contribution in [0.15, 0.2) is 48.5 Å². The lowest BCUT2D eigenvalue weighted by Crippen LogP contribution is -2.52. The summed E-state index contributed by atoms with van der Waals surface area (Å²) in [6.07, 6.45) is -0.545. The van der Waals surface area contributed by atoms with Crippen molar-refractivity contribution < 1.29 is 9.53 Å². The van der Waals surface area contributed by atoms with Crippen molar-refractivity contribution >= 4 is 34.8 Å². The van der Waals surface area contributed by atoms with E-state index in [4.69, 9.17) is 27.9 Å². The summed E-state index contributed by atoms with van der Waals surface area (Å²) < 4.78 is 5.73. The standard InChI is InChI=1S/C19H20Cl2N2O2/c1-14(25-18-7-3-5-16(21)13-18)19(24)23-10-8-22(9-11-23)17-6-2-4-15(20)12-17/h2-7,12-14H,8-11H2,1H3. The molecule has 1 fully saturated rings. The molecule has 1 atom stereocenters. The number of ether oxygens (including phenoxy) is 1. The summed E-state index contributed by atoms with van der Waals surface area (Å²) >= 11 is 12.0. The van der Waals surface area contributed by atoms with E-state index in [-0.39, 0.29) is 5.91 Å². The van der Waals surface area contributed by atoms with Gasteiger partial charge in [-0.25, -0.2) is 0 Å². The van der Waals surface area contributed by atoms with Crippen LogP contribution in [0.2, 0.25) is 10.0 Å². The van der Waals surface area contributed by atoms with Gasteiger partial charge in [0.15, 0.2) is 6.10 Å². The molecule has 0 spiro atoms. The highest BCUT2D eigenvalue weighted by Crippen LogP contribution is 2.22. The molecule has 0 bridgehead atoms. The lowest BCUT2D eigenvalue weighted by molar-refractivity contribution is -0.138. The fraction of sp³-hybridized carbons (Fsp3) is 0.316. The van der Waals surface area contributed by atoms with E-state index >= 15 is 0 Å². The number of hydrogen-bond donors (Lipinski definition) is 0. The molecule has 3 rings (SSSR count). The van der Waals surface area contributed by atoms with Gasteiger partial charge in [-0.05, 0) is 43.3 Å². The number of nitrogens with zero attached hydrogens (tertiary/aromatic N) is 2. The van der Waals surface area contributed by atoms with Crippen LogP contribution in [0.1, 0.15) is 6.92 Å². The maximum atomic E-state index is 12.6. The Labute approximate surface area is 157 Å². The highest BCUT2D eigenvalue weighted by atomic mass is 35.5. The van der Waals surface area contributed by atoms with Crippen LogP contribution in [-0.2, 0) is 4.79 Å². The summed E-state index contributed by atoms with van der Waals surface area (Å²) in [5.74, 6) is 0.594. The van der Waals surface area contributed by atoms with E-state index in [0.717, 1.165) is 23.8 Å². The van der Waals surface area contributed by atoms with Crippen molar-refractivity contribution in [1.29, 1.82) is 0 Å². The van der Waals surface area contributed by atoms with Crippen LogP contribution in [0.5, 0.6) is 5.75 Å². The van der Waals surface area contributed by atoms with Crippen molar-refractivity contribution in [2.75, 3.05) is 31.1 Å². The Morgan fingerprint density at radius 1 is 1.00 bits per heavy atom. The number of carbonyl (C=O) groups excluding carboxylic acids is 1. The van der Waals surface area contributed by atoms with E-state index in [1.807, 2.05) is 29.2 Å². The SMILES string of the molecule is CC(Oc1cccc(Cl)c1)C(=O)N1CCN(c2cccc(Cl)c2)CC1. The van der Waals surface area contributed by atoms with Gasteiger partial charge in [-0.15, -0.1) is 0 Å². The molecule has 0 aromatic heterocycles. The molecule has 2 aromatic rings. The first kappa shape index (κ1) is 17.9. The number of hydrogen-bond acceptors (Lipinski definition) is 3. The molecule has 6 heteroatoms. The van der Waals surface area contributed by atoms with Gasteiger partial charge in [-0.1, -0.05) is 35.3 Å². The van der Waals surface area contributed by atoms with Gasteiger partial charge >= 0.3 is 0 Å². The van der Waals surface area contributed by atoms with Gasteiger partial charge in [0.1, 0.15) is 5.75 Å². The molecule has 2 aromatic carbocycles. The van der Waals surface area contributed by atoms with E-state index in [9.17, 15) is 4.79 Å². The fourth-order valence-electron chi connectivity index (χ4n) is 2.91. The molecule has 0 saturated carbocycles. The molecule has 1 unspecified atom stereocenters. The zero-order valence-corrected chi connectivity index (χ0v) is 15.5. The highest BCUT2D eigenvalue weighted by Gasteiger charge is 2.26. The van der Waals surface area contributed by atoms with Crippen LogP contribution in [0.3, 0.4) is 0 Å². The van der Waals surface area contributed by atoms with Gasteiger partial charge in [-0.2, -0.15) is 0 Å². The topological polar surface area (TPSA) is 32.8 Å². The third-order valence-corrected chi connectivity index (χ3v) is 4.69. The van der Waals surface area contributed by atoms with Gasteiger partial charge in [0.05, 0.1) is 0 Å². The second kappa shape index (κ2) is 7.98. The molecule has 1 heterocycles. The molecule has 0 aliphatic carbocycles. The Morgan fingerprint density at radius 3 is 2.28 bits per heavy atom. The largest absolute Gasteiger partial charge is 0.481 e. The quantitative estimate of drug-likeness (QED) is 0.802. The van der Waals surface area contributed by atoms with E-state index in [0.29, 0.717) is 23.9 Å². The van der Waals surface area contributed by atoms with Crippen molar-refractivity contribution in [1.82, 2.24) is 4.90 Å². The first-order chi connectivity index (χ1) is 12.0. The average Bonchev–Trinajstić information content (AvgIpc) is 2.61. The molecule has 0 N–H and O–H groups in total. The van der Waals surface area contributed by atoms with Crippen molar-refractivity contribution in [3.63, 3.8) is 0 Å². The molecular weight excluding hydrogens is 359 g/mol. The van der Waals surface area contributed by atoms with Crippen molar-refractivity contribution in [3.8, 4) is 5.75 Å². The van der Waals surface area contributed by atoms with Crippen LogP contribution in [0.25, 0.3) is 0 Å². The first-order valence-corrected chi connectivity index (χ1v) is 9.00. The third-order valence-electron chi connectivity index (χ3n) is 4.22. The van der Waals surface area contributed by atoms with E-state index in [1.54, 1.807) is 31.2 Å². The molecule has 1 amide bonds. The van der Waals surface area contributed by atoms with Crippen molar-refractivity contribution in [2.45, 2.75) is 13.0 Å². The summed E-state index contributed by atoms with van der Waals surface area (Å²) in [6, 6.07) is 14.9. The predicted octanol–water partition coefficient (Wildman–Crippen LogP) is 4.11. The van der Waals surface area contributed by atoms with Crippen LogP contribution >= 0.6 is 23.2 Å². The molecule has 1 saturated heterocycles. The van der Waals surface area contributed by atoms with Gasteiger partial charge in [0.2, 0.25) is 0 Å². The number of halogens is 2. The molecule has 1 aliphatic rings. The Kier molecular flexibility index (Phi) is 5.71. The summed E-state index contributed by atoms with van der Waals surface area (Å²) in [5.41, 5.74) is 1.09. The summed E-state index contributed by atoms with van der Waals surface area (Å²) in [6.45, 7) is 4.64. The first-order valence-electron chi connectivity index (χ1n) is 8.24. The number of benzene rings is 2. The Hall–Kier alpha value is -1.91. The van der Waals surface area contributed by atoms with Crippen LogP contribution in [-0.4, -0.2) is 43.1 Å². The lowest BCUT2D eigenvalue weighted by atomic mass is 10.2. The second-order valence-electron chi connectivity index (χ2n) is 6.01. The van der Waals surface area contributed by atoms with E-state index in [2.05, 4.69) is 4.90 Å². The van der Waals surface area contributed by atoms with Gasteiger partial charge < -0.3 is 14.5 Å². The highest BCUT2D eigenvalue weighted by molar-refractivity contribution is 6.31. The Balaban J connectivity index is 1.56. The molecule has 132 valence electrons. The Bertz CT molecular complexity index is 746. The minimum absolute atomic E-state index is 0.00859. The number of carbonyl (C=O) groups is 1. The van der Waals surface area contributed by atoms with Crippen molar-refractivity contribution in [3.05, 3.63) is 58.6 Å². The molecule has 0 radical (unpaired) electrons. The minimum atomic E-state index is -0.545. The number of piperazine rings is 1. The fourth-order valence-corrected chi connectivity index (χ4v) is 3.27. The summed E-state index contributed by atoms with van der Waals surface area (Å²) in [4.78, 5) is 16.7. The van der Waals surface area contributed by atoms with Gasteiger partial charge in [0, 0.05) is 41.9 Å². The zero-order chi connectivity index (χ0) is 17.8. The third kappa shape index (κ3) is 4.59. The average molecular weight is 379 g/mol. The summed E-state index contributed by atoms with van der Waals surface area (Å²) in [5, 5.41) is 1.31. The summed E-state index contributed by atoms with van der Waals surface area (Å²) in [7, 11) is 0. The van der Waals surface area contributed by atoms with Crippen LogP contribution in [0, 0.1) is 0 Å². The van der Waals surface area contributed by atoms with Gasteiger partial charge in [-0.3, -0.25) is 4.79 Å². The molecule has 4 nitrogen and oxygen atoms in total. The van der Waals surface area contributed by atoms with Gasteiger partial charge in [0.25, 0.3) is 5.91 Å². The Morgan fingerprint density at radius 2 is 1.64 bits per heavy atom. The smallest absolute Gasteiger partial charge is 0.263 e.